The summed E-state index contributed by atoms with van der Waals surface area (Å²) < 4.78 is 0. The maximum atomic E-state index is 11.3. The Balaban J connectivity index is 1.76. The van der Waals surface area contributed by atoms with E-state index in [4.69, 9.17) is 0 Å². The molecule has 3 rings (SSSR count). The number of rotatable bonds is 3. The first-order valence-corrected chi connectivity index (χ1v) is 9.28. The summed E-state index contributed by atoms with van der Waals surface area (Å²) in [7, 11) is 0. The van der Waals surface area contributed by atoms with Gasteiger partial charge in [-0.15, -0.1) is 0 Å². The van der Waals surface area contributed by atoms with Crippen LogP contribution in [0.1, 0.15) is 72.6 Å². The molecule has 2 unspecified atom stereocenters. The largest absolute Gasteiger partial charge is 0.393 e. The molecule has 0 saturated heterocycles. The first-order chi connectivity index (χ1) is 10.5. The summed E-state index contributed by atoms with van der Waals surface area (Å²) in [5.74, 6) is 0.920. The van der Waals surface area contributed by atoms with E-state index in [0.717, 1.165) is 44.9 Å². The minimum absolute atomic E-state index is 0.117. The van der Waals surface area contributed by atoms with Gasteiger partial charge in [-0.2, -0.15) is 0 Å². The minimum Gasteiger partial charge on any atom is -0.393 e. The molecular weight excluding hydrogens is 288 g/mol. The second-order valence-corrected chi connectivity index (χ2v) is 9.86. The maximum absolute atomic E-state index is 11.3. The van der Waals surface area contributed by atoms with Crippen molar-refractivity contribution in [2.75, 3.05) is 0 Å². The molecule has 2 bridgehead atoms. The van der Waals surface area contributed by atoms with Gasteiger partial charge in [-0.25, -0.2) is 0 Å². The number of aliphatic hydroxyl groups is 3. The average molecular weight is 322 g/mol. The van der Waals surface area contributed by atoms with E-state index in [-0.39, 0.29) is 16.9 Å². The number of hydrogen-bond acceptors (Lipinski definition) is 3. The Morgan fingerprint density at radius 3 is 2.48 bits per heavy atom. The fraction of sp³-hybridized carbons (Fsp3) is 0.900. The van der Waals surface area contributed by atoms with Gasteiger partial charge in [0.15, 0.2) is 0 Å². The van der Waals surface area contributed by atoms with E-state index >= 15 is 0 Å². The van der Waals surface area contributed by atoms with Gasteiger partial charge in [0.2, 0.25) is 0 Å². The smallest absolute Gasteiger partial charge is 0.0771 e. The summed E-state index contributed by atoms with van der Waals surface area (Å²) in [6.45, 7) is 8.10. The van der Waals surface area contributed by atoms with Gasteiger partial charge in [-0.1, -0.05) is 26.0 Å². The fourth-order valence-electron chi connectivity index (χ4n) is 5.78. The van der Waals surface area contributed by atoms with Crippen molar-refractivity contribution >= 4 is 0 Å². The van der Waals surface area contributed by atoms with E-state index in [9.17, 15) is 15.3 Å². The zero-order valence-electron chi connectivity index (χ0n) is 15.2. The van der Waals surface area contributed by atoms with E-state index in [1.807, 2.05) is 6.08 Å². The first-order valence-electron chi connectivity index (χ1n) is 9.28. The third-order valence-corrected chi connectivity index (χ3v) is 7.26. The predicted molar refractivity (Wildman–Crippen MR) is 91.9 cm³/mol. The molecule has 6 atom stereocenters. The van der Waals surface area contributed by atoms with Crippen molar-refractivity contribution in [3.63, 3.8) is 0 Å². The normalized spacial score (nSPS) is 50.3. The lowest BCUT2D eigenvalue weighted by Gasteiger charge is -2.59. The van der Waals surface area contributed by atoms with E-state index in [1.54, 1.807) is 13.8 Å². The molecule has 0 aromatic heterocycles. The third kappa shape index (κ3) is 3.01. The van der Waals surface area contributed by atoms with Crippen LogP contribution < -0.4 is 0 Å². The number of allylic oxidation sites excluding steroid dienone is 1. The zero-order chi connectivity index (χ0) is 17.1. The van der Waals surface area contributed by atoms with E-state index in [0.29, 0.717) is 11.8 Å². The van der Waals surface area contributed by atoms with Crippen molar-refractivity contribution in [2.45, 2.75) is 89.9 Å². The predicted octanol–water partition coefficient (Wildman–Crippen LogP) is 3.42. The molecule has 0 spiro atoms. The highest BCUT2D eigenvalue weighted by molar-refractivity contribution is 5.14. The minimum atomic E-state index is -0.755. The summed E-state index contributed by atoms with van der Waals surface area (Å²) in [4.78, 5) is 0. The van der Waals surface area contributed by atoms with Crippen LogP contribution in [0, 0.1) is 22.7 Å². The molecule has 0 radical (unpaired) electrons. The molecule has 3 fully saturated rings. The first kappa shape index (κ1) is 17.4. The standard InChI is InChI=1S/C20H34O3/c1-17(2,22)8-5-9-18(3)12-15-14(18)6-10-19(4)13-20(15,23)11-7-16(19)21/h5,8,14-16,21-23H,6-7,9-13H2,1-4H3/b8-5+/t14?,15?,16-,18-,19+,20-/m1/s1. The van der Waals surface area contributed by atoms with Crippen molar-refractivity contribution in [1.82, 2.24) is 0 Å². The SMILES string of the molecule is CC(C)(O)/C=C/C[C@]1(C)CC2C1CC[C@@]1(C)C[C@]2(O)CC[C@H]1O. The molecule has 3 N–H and O–H groups in total. The molecule has 3 heteroatoms. The van der Waals surface area contributed by atoms with Crippen LogP contribution in [0.2, 0.25) is 0 Å². The molecule has 0 heterocycles. The molecule has 0 aromatic carbocycles. The van der Waals surface area contributed by atoms with Crippen molar-refractivity contribution < 1.29 is 15.3 Å². The molecule has 132 valence electrons. The maximum Gasteiger partial charge on any atom is 0.0771 e. The molecular formula is C20H34O3. The molecule has 3 aliphatic rings. The number of fused-ring (bicyclic) bond motifs is 4. The van der Waals surface area contributed by atoms with E-state index < -0.39 is 11.2 Å². The Kier molecular flexibility index (Phi) is 4.02. The van der Waals surface area contributed by atoms with Crippen LogP contribution in [0.15, 0.2) is 12.2 Å². The molecule has 23 heavy (non-hydrogen) atoms. The van der Waals surface area contributed by atoms with Gasteiger partial charge in [0.1, 0.15) is 0 Å². The number of hydrogen-bond donors (Lipinski definition) is 3. The van der Waals surface area contributed by atoms with Gasteiger partial charge in [-0.3, -0.25) is 0 Å². The lowest BCUT2D eigenvalue weighted by atomic mass is 9.47. The molecule has 0 aromatic rings. The van der Waals surface area contributed by atoms with Gasteiger partial charge in [0.25, 0.3) is 0 Å². The lowest BCUT2D eigenvalue weighted by molar-refractivity contribution is -0.180. The van der Waals surface area contributed by atoms with Crippen molar-refractivity contribution in [3.05, 3.63) is 12.2 Å². The van der Waals surface area contributed by atoms with Gasteiger partial charge in [-0.05, 0) is 81.5 Å². The van der Waals surface area contributed by atoms with E-state index in [2.05, 4.69) is 19.9 Å². The Morgan fingerprint density at radius 1 is 1.13 bits per heavy atom. The quantitative estimate of drug-likeness (QED) is 0.698. The summed E-state index contributed by atoms with van der Waals surface area (Å²) >= 11 is 0. The fourth-order valence-corrected chi connectivity index (χ4v) is 5.78. The van der Waals surface area contributed by atoms with Crippen LogP contribution in [0.5, 0.6) is 0 Å². The highest BCUT2D eigenvalue weighted by atomic mass is 16.3. The Labute approximate surface area is 140 Å². The van der Waals surface area contributed by atoms with Crippen molar-refractivity contribution in [1.29, 1.82) is 0 Å². The molecule has 3 aliphatic carbocycles. The second-order valence-electron chi connectivity index (χ2n) is 9.86. The van der Waals surface area contributed by atoms with Gasteiger partial charge < -0.3 is 15.3 Å². The Morgan fingerprint density at radius 2 is 1.83 bits per heavy atom. The summed E-state index contributed by atoms with van der Waals surface area (Å²) in [5.41, 5.74) is -1.22. The van der Waals surface area contributed by atoms with Crippen molar-refractivity contribution in [3.8, 4) is 0 Å². The highest BCUT2D eigenvalue weighted by Crippen LogP contribution is 2.65. The Hall–Kier alpha value is -0.380. The monoisotopic (exact) mass is 322 g/mol. The zero-order valence-corrected chi connectivity index (χ0v) is 15.2. The van der Waals surface area contributed by atoms with Crippen LogP contribution >= 0.6 is 0 Å². The van der Waals surface area contributed by atoms with Crippen LogP contribution in [-0.4, -0.2) is 32.6 Å². The summed E-state index contributed by atoms with van der Waals surface area (Å²) in [5, 5.41) is 31.6. The van der Waals surface area contributed by atoms with Crippen LogP contribution in [0.25, 0.3) is 0 Å². The molecule has 3 saturated carbocycles. The summed E-state index contributed by atoms with van der Waals surface area (Å²) in [6.07, 6.45) is 10.2. The van der Waals surface area contributed by atoms with Crippen LogP contribution in [0.4, 0.5) is 0 Å². The van der Waals surface area contributed by atoms with Crippen molar-refractivity contribution in [2.24, 2.45) is 22.7 Å². The van der Waals surface area contributed by atoms with E-state index in [1.165, 1.54) is 0 Å². The van der Waals surface area contributed by atoms with Crippen LogP contribution in [0.3, 0.4) is 0 Å². The van der Waals surface area contributed by atoms with Gasteiger partial charge >= 0.3 is 0 Å². The third-order valence-electron chi connectivity index (χ3n) is 7.26. The van der Waals surface area contributed by atoms with Gasteiger partial charge in [0.05, 0.1) is 17.3 Å². The molecule has 0 aliphatic heterocycles. The molecule has 0 amide bonds. The molecule has 3 nitrogen and oxygen atoms in total. The van der Waals surface area contributed by atoms with Crippen LogP contribution in [-0.2, 0) is 0 Å². The highest BCUT2D eigenvalue weighted by Gasteiger charge is 2.62. The number of aliphatic hydroxyl groups excluding tert-OH is 1. The average Bonchev–Trinajstić information content (AvgIpc) is 2.47. The lowest BCUT2D eigenvalue weighted by Crippen LogP contribution is -2.58. The van der Waals surface area contributed by atoms with Gasteiger partial charge in [0, 0.05) is 0 Å². The topological polar surface area (TPSA) is 60.7 Å². The second kappa shape index (κ2) is 5.31. The Bertz CT molecular complexity index is 494. The summed E-state index contributed by atoms with van der Waals surface area (Å²) in [6, 6.07) is 0.